The molecule has 0 aliphatic heterocycles. The van der Waals surface area contributed by atoms with E-state index in [1.165, 1.54) is 6.07 Å². The monoisotopic (exact) mass is 450 g/mol. The van der Waals surface area contributed by atoms with E-state index in [0.29, 0.717) is 24.3 Å². The maximum atomic E-state index is 14.6. The Morgan fingerprint density at radius 2 is 1.73 bits per heavy atom. The summed E-state index contributed by atoms with van der Waals surface area (Å²) in [7, 11) is 1.67. The summed E-state index contributed by atoms with van der Waals surface area (Å²) in [6, 6.07) is 20.1. The molecular weight excluding hydrogens is 419 g/mol. The maximum absolute atomic E-state index is 14.6. The number of methoxy groups -OCH3 is 1. The fourth-order valence-corrected chi connectivity index (χ4v) is 4.00. The molecule has 0 bridgehead atoms. The summed E-state index contributed by atoms with van der Waals surface area (Å²) in [6.07, 6.45) is 0.288. The molecule has 3 aromatic carbocycles. The van der Waals surface area contributed by atoms with Crippen molar-refractivity contribution in [3.63, 3.8) is 0 Å². The lowest BCUT2D eigenvalue weighted by atomic mass is 9.81. The zero-order valence-corrected chi connectivity index (χ0v) is 19.6. The molecule has 0 heterocycles. The van der Waals surface area contributed by atoms with Crippen LogP contribution in [0, 0.1) is 11.2 Å². The van der Waals surface area contributed by atoms with E-state index in [2.05, 4.69) is 20.8 Å². The molecule has 0 saturated heterocycles. The molecule has 33 heavy (non-hydrogen) atoms. The molecule has 0 amide bonds. The van der Waals surface area contributed by atoms with Gasteiger partial charge in [-0.15, -0.1) is 0 Å². The summed E-state index contributed by atoms with van der Waals surface area (Å²) < 4.78 is 26.5. The van der Waals surface area contributed by atoms with Gasteiger partial charge >= 0.3 is 5.97 Å². The van der Waals surface area contributed by atoms with Gasteiger partial charge in [-0.2, -0.15) is 0 Å². The molecule has 0 radical (unpaired) electrons. The van der Waals surface area contributed by atoms with Gasteiger partial charge in [-0.25, -0.2) is 4.39 Å². The first-order valence-electron chi connectivity index (χ1n) is 11.0. The number of carbonyl (C=O) groups is 1. The van der Waals surface area contributed by atoms with Gasteiger partial charge in [0.25, 0.3) is 0 Å². The second-order valence-electron chi connectivity index (χ2n) is 9.21. The number of carboxylic acids is 1. The normalized spacial score (nSPS) is 12.4. The zero-order valence-electron chi connectivity index (χ0n) is 19.6. The van der Waals surface area contributed by atoms with Crippen LogP contribution in [0.5, 0.6) is 5.75 Å². The molecule has 4 nitrogen and oxygen atoms in total. The Kier molecular flexibility index (Phi) is 7.88. The van der Waals surface area contributed by atoms with Gasteiger partial charge in [0.05, 0.1) is 6.10 Å². The summed E-state index contributed by atoms with van der Waals surface area (Å²) in [6.45, 7) is 6.61. The number of hydrogen-bond donors (Lipinski definition) is 1. The van der Waals surface area contributed by atoms with Crippen LogP contribution in [0.25, 0.3) is 11.1 Å². The third kappa shape index (κ3) is 6.42. The van der Waals surface area contributed by atoms with Crippen molar-refractivity contribution in [2.75, 3.05) is 7.11 Å². The first kappa shape index (κ1) is 24.5. The minimum Gasteiger partial charge on any atom is -0.489 e. The standard InChI is InChI=1S/C28H31FO4/c1-28(2,3)27(32-4)24-17-20(12-14-22(24)23-10-5-6-11-25(23)29)18-33-21-9-7-8-19(16-21)13-15-26(30)31/h5-12,14,16-17,27H,13,15,18H2,1-4H3,(H,30,31)/t27-/m0/s1. The minimum absolute atomic E-state index is 0.0789. The Balaban J connectivity index is 1.90. The number of carboxylic acid groups (broad SMARTS) is 1. The lowest BCUT2D eigenvalue weighted by Gasteiger charge is -2.32. The SMILES string of the molecule is CO[C@@H](c1cc(COc2cccc(CCC(=O)O)c2)ccc1-c1ccccc1F)C(C)(C)C. The predicted molar refractivity (Wildman–Crippen MR) is 128 cm³/mol. The Hall–Kier alpha value is -3.18. The number of hydrogen-bond acceptors (Lipinski definition) is 3. The third-order valence-electron chi connectivity index (χ3n) is 5.52. The molecule has 3 aromatic rings. The van der Waals surface area contributed by atoms with E-state index >= 15 is 0 Å². The number of rotatable bonds is 9. The highest BCUT2D eigenvalue weighted by Gasteiger charge is 2.29. The fraction of sp³-hybridized carbons (Fsp3) is 0.321. The molecular formula is C28H31FO4. The molecule has 174 valence electrons. The number of aliphatic carboxylic acids is 1. The Morgan fingerprint density at radius 3 is 2.39 bits per heavy atom. The van der Waals surface area contributed by atoms with Crippen LogP contribution in [0.2, 0.25) is 0 Å². The lowest BCUT2D eigenvalue weighted by Crippen LogP contribution is -2.21. The van der Waals surface area contributed by atoms with Crippen LogP contribution in [-0.2, 0) is 22.6 Å². The maximum Gasteiger partial charge on any atom is 0.303 e. The van der Waals surface area contributed by atoms with Crippen molar-refractivity contribution >= 4 is 5.97 Å². The molecule has 5 heteroatoms. The highest BCUT2D eigenvalue weighted by atomic mass is 19.1. The van der Waals surface area contributed by atoms with E-state index in [4.69, 9.17) is 14.6 Å². The average molecular weight is 451 g/mol. The number of aryl methyl sites for hydroxylation is 1. The molecule has 0 fully saturated rings. The highest BCUT2D eigenvalue weighted by Crippen LogP contribution is 2.41. The molecule has 0 spiro atoms. The molecule has 0 saturated carbocycles. The highest BCUT2D eigenvalue weighted by molar-refractivity contribution is 5.69. The topological polar surface area (TPSA) is 55.8 Å². The van der Waals surface area contributed by atoms with Crippen LogP contribution in [0.3, 0.4) is 0 Å². The zero-order chi connectivity index (χ0) is 24.0. The summed E-state index contributed by atoms with van der Waals surface area (Å²) >= 11 is 0. The largest absolute Gasteiger partial charge is 0.489 e. The van der Waals surface area contributed by atoms with Crippen LogP contribution in [0.4, 0.5) is 4.39 Å². The predicted octanol–water partition coefficient (Wildman–Crippen LogP) is 6.82. The van der Waals surface area contributed by atoms with Crippen LogP contribution >= 0.6 is 0 Å². The Morgan fingerprint density at radius 1 is 0.970 bits per heavy atom. The van der Waals surface area contributed by atoms with Crippen molar-refractivity contribution in [2.45, 2.75) is 46.3 Å². The van der Waals surface area contributed by atoms with E-state index < -0.39 is 5.97 Å². The van der Waals surface area contributed by atoms with Gasteiger partial charge in [0.1, 0.15) is 18.2 Å². The van der Waals surface area contributed by atoms with Gasteiger partial charge in [-0.05, 0) is 58.4 Å². The molecule has 3 rings (SSSR count). The van der Waals surface area contributed by atoms with Gasteiger partial charge in [0.15, 0.2) is 0 Å². The lowest BCUT2D eigenvalue weighted by molar-refractivity contribution is -0.136. The summed E-state index contributed by atoms with van der Waals surface area (Å²) in [5, 5.41) is 8.90. The summed E-state index contributed by atoms with van der Waals surface area (Å²) in [5.74, 6) is -0.420. The Labute approximate surface area is 195 Å². The summed E-state index contributed by atoms with van der Waals surface area (Å²) in [4.78, 5) is 10.8. The van der Waals surface area contributed by atoms with Gasteiger partial charge in [-0.1, -0.05) is 63.2 Å². The molecule has 0 aliphatic rings. The first-order chi connectivity index (χ1) is 15.7. The van der Waals surface area contributed by atoms with E-state index in [-0.39, 0.29) is 23.8 Å². The van der Waals surface area contributed by atoms with Crippen molar-refractivity contribution in [3.05, 3.63) is 89.2 Å². The van der Waals surface area contributed by atoms with Crippen LogP contribution < -0.4 is 4.74 Å². The molecule has 1 N–H and O–H groups in total. The van der Waals surface area contributed by atoms with Crippen molar-refractivity contribution in [3.8, 4) is 16.9 Å². The van der Waals surface area contributed by atoms with Crippen LogP contribution in [0.1, 0.15) is 50.0 Å². The van der Waals surface area contributed by atoms with Crippen LogP contribution in [-0.4, -0.2) is 18.2 Å². The second kappa shape index (κ2) is 10.6. The van der Waals surface area contributed by atoms with E-state index in [1.807, 2.05) is 48.5 Å². The average Bonchev–Trinajstić information content (AvgIpc) is 2.77. The van der Waals surface area contributed by atoms with Gasteiger partial charge in [0.2, 0.25) is 0 Å². The third-order valence-corrected chi connectivity index (χ3v) is 5.52. The van der Waals surface area contributed by atoms with E-state index in [0.717, 1.165) is 22.3 Å². The van der Waals surface area contributed by atoms with Crippen molar-refractivity contribution in [2.24, 2.45) is 5.41 Å². The smallest absolute Gasteiger partial charge is 0.303 e. The molecule has 0 unspecified atom stereocenters. The minimum atomic E-state index is -0.824. The van der Waals surface area contributed by atoms with Crippen LogP contribution in [0.15, 0.2) is 66.7 Å². The molecule has 0 aromatic heterocycles. The van der Waals surface area contributed by atoms with Gasteiger partial charge < -0.3 is 14.6 Å². The van der Waals surface area contributed by atoms with Crippen molar-refractivity contribution < 1.29 is 23.8 Å². The summed E-state index contributed by atoms with van der Waals surface area (Å²) in [5.41, 5.74) is 3.90. The molecule has 1 atom stereocenters. The van der Waals surface area contributed by atoms with E-state index in [9.17, 15) is 9.18 Å². The van der Waals surface area contributed by atoms with Crippen molar-refractivity contribution in [1.82, 2.24) is 0 Å². The number of halogens is 1. The van der Waals surface area contributed by atoms with Crippen molar-refractivity contribution in [1.29, 1.82) is 0 Å². The Bertz CT molecular complexity index is 1100. The fourth-order valence-electron chi connectivity index (χ4n) is 4.00. The quantitative estimate of drug-likeness (QED) is 0.388. The van der Waals surface area contributed by atoms with Gasteiger partial charge in [0, 0.05) is 19.1 Å². The first-order valence-corrected chi connectivity index (χ1v) is 11.0. The second-order valence-corrected chi connectivity index (χ2v) is 9.21. The van der Waals surface area contributed by atoms with E-state index in [1.54, 1.807) is 19.2 Å². The number of benzene rings is 3. The number of ether oxygens (including phenoxy) is 2. The molecule has 0 aliphatic carbocycles. The van der Waals surface area contributed by atoms with Gasteiger partial charge in [-0.3, -0.25) is 4.79 Å².